The number of hydrogen-bond donors (Lipinski definition) is 1. The largest absolute Gasteiger partial charge is 0.384 e. The van der Waals surface area contributed by atoms with E-state index in [1.54, 1.807) is 23.3 Å². The van der Waals surface area contributed by atoms with Gasteiger partial charge in [-0.05, 0) is 49.6 Å². The summed E-state index contributed by atoms with van der Waals surface area (Å²) in [7, 11) is 0. The Labute approximate surface area is 166 Å². The Morgan fingerprint density at radius 3 is 2.71 bits per heavy atom. The summed E-state index contributed by atoms with van der Waals surface area (Å²) in [5.74, 6) is 0.114. The maximum atomic E-state index is 12.3. The number of nitrogens with two attached hydrogens (primary N) is 1. The van der Waals surface area contributed by atoms with Gasteiger partial charge in [0.25, 0.3) is 5.56 Å². The number of thiazole rings is 1. The van der Waals surface area contributed by atoms with Crippen LogP contribution in [-0.4, -0.2) is 21.8 Å². The Kier molecular flexibility index (Phi) is 5.41. The third kappa shape index (κ3) is 3.86. The molecule has 1 aromatic carbocycles. The fourth-order valence-corrected chi connectivity index (χ4v) is 3.61. The van der Waals surface area contributed by atoms with Crippen molar-refractivity contribution in [1.82, 2.24) is 9.66 Å². The molecule has 0 unspecified atom stereocenters. The highest BCUT2D eigenvalue weighted by Gasteiger charge is 2.20. The molecule has 2 N–H and O–H groups in total. The first-order valence-corrected chi connectivity index (χ1v) is 9.52. The third-order valence-electron chi connectivity index (χ3n) is 4.32. The first-order valence-electron chi connectivity index (χ1n) is 8.64. The Balaban J connectivity index is 1.95. The number of nitrogen functional groups attached to an aromatic ring is 1. The summed E-state index contributed by atoms with van der Waals surface area (Å²) >= 11 is 1.33. The van der Waals surface area contributed by atoms with Gasteiger partial charge in [0.2, 0.25) is 5.91 Å². The van der Waals surface area contributed by atoms with Crippen molar-refractivity contribution < 1.29 is 4.79 Å². The molecule has 2 heterocycles. The van der Waals surface area contributed by atoms with Gasteiger partial charge in [0, 0.05) is 18.4 Å². The van der Waals surface area contributed by atoms with Crippen LogP contribution in [0.4, 0.5) is 16.6 Å². The van der Waals surface area contributed by atoms with E-state index in [4.69, 9.17) is 5.73 Å². The van der Waals surface area contributed by atoms with Gasteiger partial charge < -0.3 is 5.73 Å². The Morgan fingerprint density at radius 1 is 1.29 bits per heavy atom. The minimum absolute atomic E-state index is 0.134. The second-order valence-corrected chi connectivity index (χ2v) is 7.32. The molecule has 7 nitrogen and oxygen atoms in total. The molecule has 28 heavy (non-hydrogen) atoms. The number of benzene rings is 1. The lowest BCUT2D eigenvalue weighted by Crippen LogP contribution is -2.23. The van der Waals surface area contributed by atoms with Gasteiger partial charge in [0.15, 0.2) is 5.13 Å². The van der Waals surface area contributed by atoms with Gasteiger partial charge in [-0.2, -0.15) is 9.78 Å². The molecule has 0 saturated heterocycles. The predicted octanol–water partition coefficient (Wildman–Crippen LogP) is 3.38. The lowest BCUT2D eigenvalue weighted by atomic mass is 10.1. The molecular weight excluding hydrogens is 374 g/mol. The highest BCUT2D eigenvalue weighted by atomic mass is 32.1. The summed E-state index contributed by atoms with van der Waals surface area (Å²) in [6, 6.07) is 8.93. The molecule has 2 aromatic heterocycles. The average molecular weight is 395 g/mol. The zero-order valence-corrected chi connectivity index (χ0v) is 16.9. The summed E-state index contributed by atoms with van der Waals surface area (Å²) in [5.41, 5.74) is 9.76. The van der Waals surface area contributed by atoms with Crippen LogP contribution in [0.2, 0.25) is 0 Å². The van der Waals surface area contributed by atoms with Gasteiger partial charge in [-0.1, -0.05) is 12.1 Å². The van der Waals surface area contributed by atoms with Crippen molar-refractivity contribution in [1.29, 1.82) is 0 Å². The molecule has 0 aliphatic rings. The summed E-state index contributed by atoms with van der Waals surface area (Å²) in [6.45, 7) is 7.27. The first-order chi connectivity index (χ1) is 13.3. The molecule has 0 aliphatic carbocycles. The zero-order valence-electron chi connectivity index (χ0n) is 16.1. The van der Waals surface area contributed by atoms with Crippen molar-refractivity contribution in [2.45, 2.75) is 27.7 Å². The van der Waals surface area contributed by atoms with E-state index >= 15 is 0 Å². The van der Waals surface area contributed by atoms with E-state index in [2.05, 4.69) is 10.1 Å². The first kappa shape index (κ1) is 19.5. The number of anilines is 3. The van der Waals surface area contributed by atoms with Crippen LogP contribution in [0.5, 0.6) is 0 Å². The number of aryl methyl sites for hydroxylation is 2. The Bertz CT molecular complexity index is 1130. The number of rotatable bonds is 4. The second-order valence-electron chi connectivity index (χ2n) is 6.48. The van der Waals surface area contributed by atoms with Crippen LogP contribution in [-0.2, 0) is 4.79 Å². The summed E-state index contributed by atoms with van der Waals surface area (Å²) in [6.07, 6.45) is 1.45. The number of aromatic nitrogens is 2. The van der Waals surface area contributed by atoms with Crippen molar-refractivity contribution in [3.05, 3.63) is 68.4 Å². The Morgan fingerprint density at radius 2 is 2.04 bits per heavy atom. The monoisotopic (exact) mass is 395 g/mol. The van der Waals surface area contributed by atoms with Crippen LogP contribution in [0.15, 0.2) is 45.6 Å². The van der Waals surface area contributed by atoms with Crippen molar-refractivity contribution in [2.24, 2.45) is 5.10 Å². The van der Waals surface area contributed by atoms with Crippen LogP contribution >= 0.6 is 11.3 Å². The summed E-state index contributed by atoms with van der Waals surface area (Å²) < 4.78 is 1.11. The zero-order chi connectivity index (χ0) is 20.4. The van der Waals surface area contributed by atoms with Crippen LogP contribution in [0.1, 0.15) is 29.3 Å². The average Bonchev–Trinajstić information content (AvgIpc) is 3.06. The summed E-state index contributed by atoms with van der Waals surface area (Å²) in [4.78, 5) is 30.4. The van der Waals surface area contributed by atoms with Crippen LogP contribution in [0, 0.1) is 20.8 Å². The number of nitrogens with zero attached hydrogens (tertiary/aromatic N) is 4. The van der Waals surface area contributed by atoms with Gasteiger partial charge in [0.1, 0.15) is 5.82 Å². The third-order valence-corrected chi connectivity index (χ3v) is 5.16. The fraction of sp³-hybridized carbons (Fsp3) is 0.200. The van der Waals surface area contributed by atoms with E-state index in [9.17, 15) is 9.59 Å². The molecular formula is C20H21N5O2S. The van der Waals surface area contributed by atoms with Crippen molar-refractivity contribution in [3.63, 3.8) is 0 Å². The molecule has 3 rings (SSSR count). The fourth-order valence-electron chi connectivity index (χ4n) is 2.78. The van der Waals surface area contributed by atoms with Gasteiger partial charge >= 0.3 is 0 Å². The number of hydrogen-bond acceptors (Lipinski definition) is 6. The van der Waals surface area contributed by atoms with Crippen molar-refractivity contribution in [3.8, 4) is 0 Å². The van der Waals surface area contributed by atoms with Gasteiger partial charge in [0.05, 0.1) is 17.6 Å². The van der Waals surface area contributed by atoms with E-state index in [1.807, 2.05) is 32.0 Å². The molecule has 144 valence electrons. The van der Waals surface area contributed by atoms with Crippen molar-refractivity contribution in [2.75, 3.05) is 10.6 Å². The van der Waals surface area contributed by atoms with E-state index in [-0.39, 0.29) is 17.3 Å². The van der Waals surface area contributed by atoms with E-state index in [0.717, 1.165) is 27.1 Å². The maximum Gasteiger partial charge on any atom is 0.273 e. The molecule has 0 radical (unpaired) electrons. The summed E-state index contributed by atoms with van der Waals surface area (Å²) in [5, 5.41) is 6.44. The normalized spacial score (nSPS) is 11.1. The highest BCUT2D eigenvalue weighted by Crippen LogP contribution is 2.32. The molecule has 3 aromatic rings. The molecule has 8 heteroatoms. The minimum Gasteiger partial charge on any atom is -0.384 e. The second kappa shape index (κ2) is 7.77. The number of pyridine rings is 1. The lowest BCUT2D eigenvalue weighted by molar-refractivity contribution is -0.115. The van der Waals surface area contributed by atoms with E-state index < -0.39 is 0 Å². The topological polar surface area (TPSA) is 93.6 Å². The van der Waals surface area contributed by atoms with Crippen LogP contribution in [0.25, 0.3) is 0 Å². The molecule has 1 amide bonds. The molecule has 0 saturated carbocycles. The maximum absolute atomic E-state index is 12.3. The SMILES string of the molecule is CC(=O)N(c1nc(/C=N\n2c(N)cc(C)cc2=O)cs1)c1cccc(C)c1C. The smallest absolute Gasteiger partial charge is 0.273 e. The van der Waals surface area contributed by atoms with E-state index in [1.165, 1.54) is 30.5 Å². The molecule has 0 fully saturated rings. The number of carbonyl (C=O) groups is 1. The number of amides is 1. The van der Waals surface area contributed by atoms with Crippen LogP contribution in [0.3, 0.4) is 0 Å². The Hall–Kier alpha value is -3.26. The van der Waals surface area contributed by atoms with Gasteiger partial charge in [-0.25, -0.2) is 4.98 Å². The molecule has 0 bridgehead atoms. The molecule has 0 spiro atoms. The van der Waals surface area contributed by atoms with Crippen LogP contribution < -0.4 is 16.2 Å². The molecule has 0 aliphatic heterocycles. The van der Waals surface area contributed by atoms with Gasteiger partial charge in [-0.3, -0.25) is 14.5 Å². The van der Waals surface area contributed by atoms with Gasteiger partial charge in [-0.15, -0.1) is 11.3 Å². The molecule has 0 atom stereocenters. The minimum atomic E-state index is -0.315. The predicted molar refractivity (Wildman–Crippen MR) is 114 cm³/mol. The quantitative estimate of drug-likeness (QED) is 0.685. The van der Waals surface area contributed by atoms with Crippen molar-refractivity contribution >= 4 is 40.1 Å². The highest BCUT2D eigenvalue weighted by molar-refractivity contribution is 7.14. The number of carbonyl (C=O) groups excluding carboxylic acids is 1. The standard InChI is InChI=1S/C20H21N5O2S/c1-12-8-18(21)25(19(27)9-12)22-10-16-11-28-20(23-16)24(15(4)26)17-7-5-6-13(2)14(17)3/h5-11H,21H2,1-4H3/b22-10-. The lowest BCUT2D eigenvalue weighted by Gasteiger charge is -2.21. The van der Waals surface area contributed by atoms with E-state index in [0.29, 0.717) is 10.8 Å².